The topological polar surface area (TPSA) is 52.0 Å². The van der Waals surface area contributed by atoms with E-state index in [-0.39, 0.29) is 6.04 Å². The summed E-state index contributed by atoms with van der Waals surface area (Å²) in [7, 11) is 0. The lowest BCUT2D eigenvalue weighted by Crippen LogP contribution is -2.08. The summed E-state index contributed by atoms with van der Waals surface area (Å²) in [5, 5.41) is 0. The number of hydrogen-bond acceptors (Lipinski definition) is 2. The zero-order valence-electron chi connectivity index (χ0n) is 7.60. The lowest BCUT2D eigenvalue weighted by molar-refractivity contribution is 0.710. The third-order valence-corrected chi connectivity index (χ3v) is 3.46. The largest absolute Gasteiger partial charge is 0.398 e. The van der Waals surface area contributed by atoms with Gasteiger partial charge in [0.25, 0.3) is 0 Å². The van der Waals surface area contributed by atoms with Gasteiger partial charge >= 0.3 is 0 Å². The maximum atomic E-state index is 6.00. The highest BCUT2D eigenvalue weighted by molar-refractivity contribution is 9.10. The van der Waals surface area contributed by atoms with Crippen molar-refractivity contribution in [3.05, 3.63) is 27.2 Å². The lowest BCUT2D eigenvalue weighted by atomic mass is 10.0. The maximum Gasteiger partial charge on any atom is 0.0491 e. The first kappa shape index (κ1) is 9.03. The molecule has 0 spiro atoms. The van der Waals surface area contributed by atoms with Gasteiger partial charge in [0.15, 0.2) is 0 Å². The van der Waals surface area contributed by atoms with E-state index < -0.39 is 0 Å². The van der Waals surface area contributed by atoms with Gasteiger partial charge in [-0.05, 0) is 58.5 Å². The first-order valence-corrected chi connectivity index (χ1v) is 5.23. The molecule has 0 unspecified atom stereocenters. The van der Waals surface area contributed by atoms with Crippen LogP contribution in [0.2, 0.25) is 0 Å². The number of nitrogens with two attached hydrogens (primary N) is 2. The van der Waals surface area contributed by atoms with Crippen molar-refractivity contribution in [1.29, 1.82) is 0 Å². The van der Waals surface area contributed by atoms with Crippen LogP contribution >= 0.6 is 15.9 Å². The number of aryl methyl sites for hydroxylation is 1. The molecule has 0 aromatic heterocycles. The Kier molecular flexibility index (Phi) is 2.08. The Balaban J connectivity index is 2.68. The van der Waals surface area contributed by atoms with Crippen LogP contribution in [0.15, 0.2) is 10.5 Å². The third-order valence-electron chi connectivity index (χ3n) is 2.81. The number of anilines is 1. The summed E-state index contributed by atoms with van der Waals surface area (Å²) in [6.45, 7) is 2.05. The molecule has 70 valence electrons. The van der Waals surface area contributed by atoms with Gasteiger partial charge in [0.2, 0.25) is 0 Å². The summed E-state index contributed by atoms with van der Waals surface area (Å²) in [5.41, 5.74) is 16.5. The standard InChI is InChI=1S/C10H13BrN2/c1-5-9-6(2-3-8(9)12)4-7(11)10(5)13/h4,8H,2-3,12-13H2,1H3/t8-/m0/s1. The van der Waals surface area contributed by atoms with Crippen LogP contribution in [0.25, 0.3) is 0 Å². The van der Waals surface area contributed by atoms with Gasteiger partial charge in [0.1, 0.15) is 0 Å². The highest BCUT2D eigenvalue weighted by Crippen LogP contribution is 2.38. The van der Waals surface area contributed by atoms with Crippen LogP contribution in [0.3, 0.4) is 0 Å². The molecule has 0 fully saturated rings. The molecule has 4 N–H and O–H groups in total. The van der Waals surface area contributed by atoms with E-state index in [1.54, 1.807) is 0 Å². The summed E-state index contributed by atoms with van der Waals surface area (Å²) in [5.74, 6) is 0. The van der Waals surface area contributed by atoms with Gasteiger partial charge in [0, 0.05) is 16.2 Å². The van der Waals surface area contributed by atoms with Crippen molar-refractivity contribution in [3.8, 4) is 0 Å². The van der Waals surface area contributed by atoms with E-state index in [0.29, 0.717) is 0 Å². The van der Waals surface area contributed by atoms with Crippen molar-refractivity contribution in [2.45, 2.75) is 25.8 Å². The Morgan fingerprint density at radius 1 is 1.54 bits per heavy atom. The molecule has 0 amide bonds. The summed E-state index contributed by atoms with van der Waals surface area (Å²) in [4.78, 5) is 0. The van der Waals surface area contributed by atoms with Crippen molar-refractivity contribution in [2.24, 2.45) is 5.73 Å². The zero-order chi connectivity index (χ0) is 9.59. The highest BCUT2D eigenvalue weighted by Gasteiger charge is 2.23. The van der Waals surface area contributed by atoms with Crippen molar-refractivity contribution in [3.63, 3.8) is 0 Å². The lowest BCUT2D eigenvalue weighted by Gasteiger charge is -2.12. The predicted octanol–water partition coefficient (Wildman–Crippen LogP) is 2.29. The van der Waals surface area contributed by atoms with Gasteiger partial charge in [-0.25, -0.2) is 0 Å². The minimum absolute atomic E-state index is 0.186. The molecule has 3 heteroatoms. The van der Waals surface area contributed by atoms with Gasteiger partial charge in [0.05, 0.1) is 0 Å². The Morgan fingerprint density at radius 2 is 2.23 bits per heavy atom. The molecule has 1 atom stereocenters. The Bertz CT molecular complexity index is 360. The molecule has 0 radical (unpaired) electrons. The van der Waals surface area contributed by atoms with E-state index in [1.165, 1.54) is 11.1 Å². The van der Waals surface area contributed by atoms with E-state index in [4.69, 9.17) is 11.5 Å². The van der Waals surface area contributed by atoms with Gasteiger partial charge < -0.3 is 11.5 Å². The van der Waals surface area contributed by atoms with Crippen molar-refractivity contribution >= 4 is 21.6 Å². The molecule has 0 heterocycles. The fourth-order valence-corrected chi connectivity index (χ4v) is 2.63. The van der Waals surface area contributed by atoms with Gasteiger partial charge in [-0.3, -0.25) is 0 Å². The van der Waals surface area contributed by atoms with Crippen molar-refractivity contribution in [2.75, 3.05) is 5.73 Å². The normalized spacial score (nSPS) is 20.4. The number of rotatable bonds is 0. The Hall–Kier alpha value is -0.540. The summed E-state index contributed by atoms with van der Waals surface area (Å²) in [6.07, 6.45) is 2.13. The SMILES string of the molecule is Cc1c(N)c(Br)cc2c1[C@@H](N)CC2. The van der Waals surface area contributed by atoms with Crippen LogP contribution in [0.1, 0.15) is 29.2 Å². The first-order chi connectivity index (χ1) is 6.11. The number of hydrogen-bond donors (Lipinski definition) is 2. The number of fused-ring (bicyclic) bond motifs is 1. The van der Waals surface area contributed by atoms with Crippen LogP contribution in [-0.2, 0) is 6.42 Å². The molecule has 1 aliphatic carbocycles. The minimum atomic E-state index is 0.186. The Labute approximate surface area is 86.4 Å². The predicted molar refractivity (Wildman–Crippen MR) is 58.5 cm³/mol. The second kappa shape index (κ2) is 3.00. The molecule has 1 aromatic rings. The molecule has 1 aromatic carbocycles. The quantitative estimate of drug-likeness (QED) is 0.684. The molecule has 0 aliphatic heterocycles. The average Bonchev–Trinajstić information content (AvgIpc) is 2.43. The molecular weight excluding hydrogens is 228 g/mol. The second-order valence-corrected chi connectivity index (χ2v) is 4.47. The maximum absolute atomic E-state index is 6.00. The monoisotopic (exact) mass is 240 g/mol. The number of nitrogen functional groups attached to an aromatic ring is 1. The number of benzene rings is 1. The summed E-state index contributed by atoms with van der Waals surface area (Å²) in [6, 6.07) is 2.29. The molecule has 2 rings (SSSR count). The Morgan fingerprint density at radius 3 is 2.92 bits per heavy atom. The number of halogens is 1. The van der Waals surface area contributed by atoms with Gasteiger partial charge in [-0.1, -0.05) is 0 Å². The van der Waals surface area contributed by atoms with Crippen LogP contribution < -0.4 is 11.5 Å². The molecule has 13 heavy (non-hydrogen) atoms. The van der Waals surface area contributed by atoms with Gasteiger partial charge in [-0.2, -0.15) is 0 Å². The van der Waals surface area contributed by atoms with Gasteiger partial charge in [-0.15, -0.1) is 0 Å². The zero-order valence-corrected chi connectivity index (χ0v) is 9.19. The van der Waals surface area contributed by atoms with Crippen LogP contribution in [-0.4, -0.2) is 0 Å². The highest BCUT2D eigenvalue weighted by atomic mass is 79.9. The van der Waals surface area contributed by atoms with E-state index in [0.717, 1.165) is 28.6 Å². The average molecular weight is 241 g/mol. The summed E-state index contributed by atoms with van der Waals surface area (Å²) < 4.78 is 0.998. The van der Waals surface area contributed by atoms with E-state index >= 15 is 0 Å². The summed E-state index contributed by atoms with van der Waals surface area (Å²) >= 11 is 3.45. The molecular formula is C10H13BrN2. The molecule has 0 saturated heterocycles. The first-order valence-electron chi connectivity index (χ1n) is 4.44. The van der Waals surface area contributed by atoms with Crippen LogP contribution in [0.5, 0.6) is 0 Å². The molecule has 2 nitrogen and oxygen atoms in total. The van der Waals surface area contributed by atoms with Crippen LogP contribution in [0.4, 0.5) is 5.69 Å². The second-order valence-electron chi connectivity index (χ2n) is 3.62. The molecule has 0 bridgehead atoms. The van der Waals surface area contributed by atoms with Crippen molar-refractivity contribution < 1.29 is 0 Å². The smallest absolute Gasteiger partial charge is 0.0491 e. The third kappa shape index (κ3) is 1.27. The fourth-order valence-electron chi connectivity index (χ4n) is 2.05. The molecule has 1 aliphatic rings. The van der Waals surface area contributed by atoms with E-state index in [2.05, 4.69) is 22.0 Å². The molecule has 0 saturated carbocycles. The van der Waals surface area contributed by atoms with E-state index in [1.807, 2.05) is 6.92 Å². The van der Waals surface area contributed by atoms with E-state index in [9.17, 15) is 0 Å². The fraction of sp³-hybridized carbons (Fsp3) is 0.400. The van der Waals surface area contributed by atoms with Crippen LogP contribution in [0, 0.1) is 6.92 Å². The minimum Gasteiger partial charge on any atom is -0.398 e. The van der Waals surface area contributed by atoms with Crippen molar-refractivity contribution in [1.82, 2.24) is 0 Å².